The van der Waals surface area contributed by atoms with E-state index in [1.807, 2.05) is 36.4 Å². The summed E-state index contributed by atoms with van der Waals surface area (Å²) in [7, 11) is 3.12. The fourth-order valence-electron chi connectivity index (χ4n) is 2.06. The molecule has 0 atom stereocenters. The van der Waals surface area contributed by atoms with E-state index in [9.17, 15) is 4.79 Å². The van der Waals surface area contributed by atoms with Gasteiger partial charge in [0.25, 0.3) is 0 Å². The third kappa shape index (κ3) is 5.99. The minimum Gasteiger partial charge on any atom is -0.493 e. The van der Waals surface area contributed by atoms with E-state index in [-0.39, 0.29) is 5.91 Å². The number of ether oxygens (including phenoxy) is 2. The van der Waals surface area contributed by atoms with Crippen molar-refractivity contribution < 1.29 is 14.3 Å². The van der Waals surface area contributed by atoms with Gasteiger partial charge in [0.15, 0.2) is 11.5 Å². The van der Waals surface area contributed by atoms with Gasteiger partial charge in [0.1, 0.15) is 0 Å². The van der Waals surface area contributed by atoms with Crippen molar-refractivity contribution in [1.82, 2.24) is 5.43 Å². The molecule has 0 aliphatic rings. The predicted molar refractivity (Wildman–Crippen MR) is 103 cm³/mol. The summed E-state index contributed by atoms with van der Waals surface area (Å²) in [6, 6.07) is 13.0. The third-order valence-electron chi connectivity index (χ3n) is 3.24. The van der Waals surface area contributed by atoms with Crippen LogP contribution < -0.4 is 14.9 Å². The number of halogens is 1. The number of benzene rings is 2. The summed E-state index contributed by atoms with van der Waals surface area (Å²) in [6.45, 7) is 0. The molecule has 0 aromatic heterocycles. The number of rotatable bonds is 8. The van der Waals surface area contributed by atoms with E-state index < -0.39 is 0 Å². The van der Waals surface area contributed by atoms with Crippen LogP contribution in [0.2, 0.25) is 5.02 Å². The van der Waals surface area contributed by atoms with Crippen molar-refractivity contribution in [3.8, 4) is 11.5 Å². The summed E-state index contributed by atoms with van der Waals surface area (Å²) < 4.78 is 10.5. The van der Waals surface area contributed by atoms with E-state index in [1.54, 1.807) is 20.3 Å². The summed E-state index contributed by atoms with van der Waals surface area (Å²) in [5.41, 5.74) is 4.34. The molecule has 2 aromatic rings. The van der Waals surface area contributed by atoms with Gasteiger partial charge in [-0.05, 0) is 29.8 Å². The van der Waals surface area contributed by atoms with Gasteiger partial charge in [-0.2, -0.15) is 5.10 Å². The van der Waals surface area contributed by atoms with E-state index in [0.29, 0.717) is 22.3 Å². The second-order valence-electron chi connectivity index (χ2n) is 5.00. The van der Waals surface area contributed by atoms with Crippen LogP contribution in [0.1, 0.15) is 11.1 Å². The summed E-state index contributed by atoms with van der Waals surface area (Å²) in [4.78, 5) is 11.8. The van der Waals surface area contributed by atoms with Crippen molar-refractivity contribution in [2.45, 2.75) is 5.75 Å². The lowest BCUT2D eigenvalue weighted by atomic mass is 10.2. The number of hydrazone groups is 1. The zero-order chi connectivity index (χ0) is 18.1. The van der Waals surface area contributed by atoms with Gasteiger partial charge in [0, 0.05) is 16.3 Å². The zero-order valence-corrected chi connectivity index (χ0v) is 15.6. The Labute approximate surface area is 156 Å². The molecule has 7 heteroatoms. The van der Waals surface area contributed by atoms with Gasteiger partial charge in [-0.25, -0.2) is 5.43 Å². The Bertz CT molecular complexity index is 736. The first-order chi connectivity index (χ1) is 12.1. The molecule has 0 radical (unpaired) electrons. The SMILES string of the molecule is COc1cccc(/C=N/NC(=O)CSCc2ccc(Cl)cc2)c1OC. The van der Waals surface area contributed by atoms with Gasteiger partial charge in [-0.15, -0.1) is 11.8 Å². The molecular weight excluding hydrogens is 360 g/mol. The Morgan fingerprint density at radius 3 is 2.64 bits per heavy atom. The smallest absolute Gasteiger partial charge is 0.250 e. The van der Waals surface area contributed by atoms with Crippen LogP contribution >= 0.6 is 23.4 Å². The van der Waals surface area contributed by atoms with Crippen molar-refractivity contribution in [1.29, 1.82) is 0 Å². The molecule has 5 nitrogen and oxygen atoms in total. The Morgan fingerprint density at radius 1 is 1.20 bits per heavy atom. The predicted octanol–water partition coefficient (Wildman–Crippen LogP) is 3.74. The Hall–Kier alpha value is -2.18. The molecule has 25 heavy (non-hydrogen) atoms. The van der Waals surface area contributed by atoms with E-state index in [1.165, 1.54) is 18.0 Å². The number of para-hydroxylation sites is 1. The number of carbonyl (C=O) groups is 1. The average molecular weight is 379 g/mol. The number of hydrogen-bond donors (Lipinski definition) is 1. The van der Waals surface area contributed by atoms with Gasteiger partial charge >= 0.3 is 0 Å². The van der Waals surface area contributed by atoms with Crippen LogP contribution in [0.5, 0.6) is 11.5 Å². The number of thioether (sulfide) groups is 1. The van der Waals surface area contributed by atoms with Crippen molar-refractivity contribution in [2.75, 3.05) is 20.0 Å². The van der Waals surface area contributed by atoms with E-state index >= 15 is 0 Å². The molecule has 0 heterocycles. The van der Waals surface area contributed by atoms with E-state index in [2.05, 4.69) is 10.5 Å². The molecule has 1 amide bonds. The highest BCUT2D eigenvalue weighted by atomic mass is 35.5. The van der Waals surface area contributed by atoms with E-state index in [4.69, 9.17) is 21.1 Å². The van der Waals surface area contributed by atoms with Crippen LogP contribution in [0.15, 0.2) is 47.6 Å². The average Bonchev–Trinajstić information content (AvgIpc) is 2.63. The number of nitrogens with one attached hydrogen (secondary N) is 1. The topological polar surface area (TPSA) is 59.9 Å². The first-order valence-corrected chi connectivity index (χ1v) is 9.02. The van der Waals surface area contributed by atoms with Gasteiger partial charge in [-0.1, -0.05) is 29.8 Å². The maximum atomic E-state index is 11.8. The highest BCUT2D eigenvalue weighted by Gasteiger charge is 2.07. The summed E-state index contributed by atoms with van der Waals surface area (Å²) in [5, 5.41) is 4.67. The van der Waals surface area contributed by atoms with Gasteiger partial charge in [-0.3, -0.25) is 4.79 Å². The van der Waals surface area contributed by atoms with Crippen LogP contribution in [-0.2, 0) is 10.5 Å². The summed E-state index contributed by atoms with van der Waals surface area (Å²) in [6.07, 6.45) is 1.53. The fraction of sp³-hybridized carbons (Fsp3) is 0.222. The molecule has 0 fully saturated rings. The number of methoxy groups -OCH3 is 2. The van der Waals surface area contributed by atoms with E-state index in [0.717, 1.165) is 16.9 Å². The minimum atomic E-state index is -0.169. The fourth-order valence-corrected chi connectivity index (χ4v) is 2.97. The molecule has 132 valence electrons. The molecule has 0 saturated heterocycles. The van der Waals surface area contributed by atoms with Crippen molar-refractivity contribution >= 4 is 35.5 Å². The van der Waals surface area contributed by atoms with Gasteiger partial charge in [0.2, 0.25) is 5.91 Å². The summed E-state index contributed by atoms with van der Waals surface area (Å²) >= 11 is 7.35. The molecule has 0 aliphatic carbocycles. The quantitative estimate of drug-likeness (QED) is 0.561. The Balaban J connectivity index is 1.81. The van der Waals surface area contributed by atoms with Crippen molar-refractivity contribution in [2.24, 2.45) is 5.10 Å². The maximum Gasteiger partial charge on any atom is 0.250 e. The number of carbonyl (C=O) groups excluding carboxylic acids is 1. The summed E-state index contributed by atoms with van der Waals surface area (Å²) in [5.74, 6) is 2.06. The van der Waals surface area contributed by atoms with Crippen molar-refractivity contribution in [3.05, 3.63) is 58.6 Å². The lowest BCUT2D eigenvalue weighted by molar-refractivity contribution is -0.118. The minimum absolute atomic E-state index is 0.169. The second-order valence-corrected chi connectivity index (χ2v) is 6.42. The maximum absolute atomic E-state index is 11.8. The molecule has 2 rings (SSSR count). The second kappa shape index (κ2) is 9.96. The Morgan fingerprint density at radius 2 is 1.96 bits per heavy atom. The third-order valence-corrected chi connectivity index (χ3v) is 4.50. The first-order valence-electron chi connectivity index (χ1n) is 7.49. The Kier molecular flexibility index (Phi) is 7.63. The van der Waals surface area contributed by atoms with Crippen LogP contribution in [0.4, 0.5) is 0 Å². The normalized spacial score (nSPS) is 10.7. The lowest BCUT2D eigenvalue weighted by Gasteiger charge is -2.09. The van der Waals surface area contributed by atoms with Crippen LogP contribution in [-0.4, -0.2) is 32.1 Å². The number of hydrogen-bond acceptors (Lipinski definition) is 5. The largest absolute Gasteiger partial charge is 0.493 e. The zero-order valence-electron chi connectivity index (χ0n) is 14.0. The molecule has 0 bridgehead atoms. The standard InChI is InChI=1S/C18H19ClN2O3S/c1-23-16-5-3-4-14(18(16)24-2)10-20-21-17(22)12-25-11-13-6-8-15(19)9-7-13/h3-10H,11-12H2,1-2H3,(H,21,22)/b20-10+. The lowest BCUT2D eigenvalue weighted by Crippen LogP contribution is -2.19. The molecule has 1 N–H and O–H groups in total. The highest BCUT2D eigenvalue weighted by molar-refractivity contribution is 7.99. The molecule has 0 unspecified atom stereocenters. The van der Waals surface area contributed by atoms with Gasteiger partial charge < -0.3 is 9.47 Å². The molecule has 2 aromatic carbocycles. The van der Waals surface area contributed by atoms with Crippen LogP contribution in [0.3, 0.4) is 0 Å². The van der Waals surface area contributed by atoms with Gasteiger partial charge in [0.05, 0.1) is 26.2 Å². The number of nitrogens with zero attached hydrogens (tertiary/aromatic N) is 1. The molecule has 0 aliphatic heterocycles. The number of amides is 1. The monoisotopic (exact) mass is 378 g/mol. The highest BCUT2D eigenvalue weighted by Crippen LogP contribution is 2.29. The van der Waals surface area contributed by atoms with Crippen LogP contribution in [0, 0.1) is 0 Å². The molecule has 0 spiro atoms. The molecular formula is C18H19ClN2O3S. The van der Waals surface area contributed by atoms with Crippen molar-refractivity contribution in [3.63, 3.8) is 0 Å². The molecule has 0 saturated carbocycles. The van der Waals surface area contributed by atoms with Crippen LogP contribution in [0.25, 0.3) is 0 Å². The first kappa shape index (κ1) is 19.1.